The van der Waals surface area contributed by atoms with E-state index in [0.29, 0.717) is 6.42 Å². The number of amides is 2. The summed E-state index contributed by atoms with van der Waals surface area (Å²) in [6.07, 6.45) is 3.64. The number of carbonyl (C=O) groups is 2. The summed E-state index contributed by atoms with van der Waals surface area (Å²) in [5.41, 5.74) is 2.06. The molecule has 4 rings (SSSR count). The van der Waals surface area contributed by atoms with Gasteiger partial charge in [0.15, 0.2) is 0 Å². The highest BCUT2D eigenvalue weighted by molar-refractivity contribution is 6.07. The van der Waals surface area contributed by atoms with Crippen molar-refractivity contribution in [2.45, 2.75) is 39.5 Å². The minimum absolute atomic E-state index is 0.0678. The molecule has 142 valence electrons. The summed E-state index contributed by atoms with van der Waals surface area (Å²) >= 11 is 0. The van der Waals surface area contributed by atoms with Crippen LogP contribution in [0.5, 0.6) is 0 Å². The van der Waals surface area contributed by atoms with Crippen LogP contribution in [0.3, 0.4) is 0 Å². The van der Waals surface area contributed by atoms with Crippen LogP contribution in [0.2, 0.25) is 0 Å². The molecule has 1 unspecified atom stereocenters. The van der Waals surface area contributed by atoms with E-state index in [1.165, 1.54) is 5.56 Å². The van der Waals surface area contributed by atoms with E-state index in [-0.39, 0.29) is 17.2 Å². The van der Waals surface area contributed by atoms with Crippen molar-refractivity contribution in [3.8, 4) is 0 Å². The lowest BCUT2D eigenvalue weighted by Gasteiger charge is -2.48. The standard InChI is InChI=1S/C23H28N2O2/c1-3-24-15-23(13-11-21(24)26)12-6-14-25(16-23)22(27)20-10-9-17(2)18-7-4-5-8-19(18)20/h4-5,7-10H,3,6,11-16H2,1-2H3. The Balaban J connectivity index is 1.62. The molecular formula is C23H28N2O2. The Kier molecular flexibility index (Phi) is 4.67. The van der Waals surface area contributed by atoms with E-state index in [1.807, 2.05) is 47.1 Å². The number of likely N-dealkylation sites (tertiary alicyclic amines) is 2. The number of benzene rings is 2. The van der Waals surface area contributed by atoms with Gasteiger partial charge in [0.25, 0.3) is 5.91 Å². The molecule has 2 aliphatic heterocycles. The molecule has 27 heavy (non-hydrogen) atoms. The molecule has 0 saturated carbocycles. The Morgan fingerprint density at radius 3 is 2.63 bits per heavy atom. The van der Waals surface area contributed by atoms with Crippen LogP contribution in [0.4, 0.5) is 0 Å². The van der Waals surface area contributed by atoms with Crippen molar-refractivity contribution >= 4 is 22.6 Å². The maximum absolute atomic E-state index is 13.4. The van der Waals surface area contributed by atoms with Gasteiger partial charge in [0.1, 0.15) is 0 Å². The summed E-state index contributed by atoms with van der Waals surface area (Å²) in [6, 6.07) is 12.2. The largest absolute Gasteiger partial charge is 0.342 e. The lowest BCUT2D eigenvalue weighted by molar-refractivity contribution is -0.138. The number of fused-ring (bicyclic) bond motifs is 1. The van der Waals surface area contributed by atoms with Crippen molar-refractivity contribution in [1.29, 1.82) is 0 Å². The number of piperidine rings is 2. The molecule has 0 aliphatic carbocycles. The molecule has 2 amide bonds. The highest BCUT2D eigenvalue weighted by Crippen LogP contribution is 2.39. The Bertz CT molecular complexity index is 891. The molecule has 2 aromatic rings. The average Bonchev–Trinajstić information content (AvgIpc) is 2.70. The third-order valence-corrected chi connectivity index (χ3v) is 6.45. The molecule has 2 heterocycles. The maximum Gasteiger partial charge on any atom is 0.254 e. The third kappa shape index (κ3) is 3.22. The smallest absolute Gasteiger partial charge is 0.254 e. The minimum Gasteiger partial charge on any atom is -0.342 e. The van der Waals surface area contributed by atoms with Crippen LogP contribution in [0.1, 0.15) is 48.5 Å². The molecule has 2 saturated heterocycles. The van der Waals surface area contributed by atoms with E-state index in [0.717, 1.165) is 61.8 Å². The quantitative estimate of drug-likeness (QED) is 0.808. The molecule has 2 aromatic carbocycles. The first kappa shape index (κ1) is 18.0. The van der Waals surface area contributed by atoms with E-state index in [1.54, 1.807) is 0 Å². The van der Waals surface area contributed by atoms with Gasteiger partial charge in [0.2, 0.25) is 5.91 Å². The second-order valence-electron chi connectivity index (χ2n) is 8.21. The van der Waals surface area contributed by atoms with E-state index in [4.69, 9.17) is 0 Å². The fraction of sp³-hybridized carbons (Fsp3) is 0.478. The Morgan fingerprint density at radius 1 is 1.07 bits per heavy atom. The van der Waals surface area contributed by atoms with Crippen molar-refractivity contribution in [2.75, 3.05) is 26.2 Å². The molecule has 0 bridgehead atoms. The molecule has 0 radical (unpaired) electrons. The minimum atomic E-state index is 0.0678. The second-order valence-corrected chi connectivity index (χ2v) is 8.21. The summed E-state index contributed by atoms with van der Waals surface area (Å²) in [5.74, 6) is 0.390. The van der Waals surface area contributed by atoms with Gasteiger partial charge in [-0.25, -0.2) is 0 Å². The number of hydrogen-bond acceptors (Lipinski definition) is 2. The molecular weight excluding hydrogens is 336 g/mol. The van der Waals surface area contributed by atoms with Crippen LogP contribution in [-0.2, 0) is 4.79 Å². The van der Waals surface area contributed by atoms with E-state index >= 15 is 0 Å². The molecule has 2 fully saturated rings. The van der Waals surface area contributed by atoms with E-state index in [9.17, 15) is 9.59 Å². The monoisotopic (exact) mass is 364 g/mol. The van der Waals surface area contributed by atoms with Crippen molar-refractivity contribution in [3.05, 3.63) is 47.5 Å². The molecule has 2 aliphatic rings. The zero-order valence-electron chi connectivity index (χ0n) is 16.3. The Hall–Kier alpha value is -2.36. The number of nitrogens with zero attached hydrogens (tertiary/aromatic N) is 2. The summed E-state index contributed by atoms with van der Waals surface area (Å²) in [7, 11) is 0. The van der Waals surface area contributed by atoms with Gasteiger partial charge in [0, 0.05) is 43.6 Å². The first-order chi connectivity index (χ1) is 13.0. The number of rotatable bonds is 2. The van der Waals surface area contributed by atoms with Gasteiger partial charge >= 0.3 is 0 Å². The van der Waals surface area contributed by atoms with E-state index in [2.05, 4.69) is 13.0 Å². The van der Waals surface area contributed by atoms with Crippen LogP contribution >= 0.6 is 0 Å². The SMILES string of the molecule is CCN1CC2(CCCN(C(=O)c3ccc(C)c4ccccc34)C2)CCC1=O. The predicted molar refractivity (Wildman–Crippen MR) is 108 cm³/mol. The fourth-order valence-corrected chi connectivity index (χ4v) is 4.91. The molecule has 4 heteroatoms. The highest BCUT2D eigenvalue weighted by Gasteiger charge is 2.42. The van der Waals surface area contributed by atoms with Crippen LogP contribution < -0.4 is 0 Å². The molecule has 4 nitrogen and oxygen atoms in total. The fourth-order valence-electron chi connectivity index (χ4n) is 4.91. The molecule has 1 atom stereocenters. The average molecular weight is 364 g/mol. The molecule has 0 N–H and O–H groups in total. The highest BCUT2D eigenvalue weighted by atomic mass is 16.2. The summed E-state index contributed by atoms with van der Waals surface area (Å²) < 4.78 is 0. The zero-order valence-corrected chi connectivity index (χ0v) is 16.3. The normalized spacial score (nSPS) is 23.3. The van der Waals surface area contributed by atoms with Gasteiger partial charge in [-0.3, -0.25) is 9.59 Å². The van der Waals surface area contributed by atoms with Crippen molar-refractivity contribution in [2.24, 2.45) is 5.41 Å². The van der Waals surface area contributed by atoms with Gasteiger partial charge < -0.3 is 9.80 Å². The van der Waals surface area contributed by atoms with Crippen LogP contribution in [0, 0.1) is 12.3 Å². The van der Waals surface area contributed by atoms with Crippen molar-refractivity contribution < 1.29 is 9.59 Å². The predicted octanol–water partition coefficient (Wildman–Crippen LogP) is 4.01. The Labute approximate surface area is 161 Å². The first-order valence-electron chi connectivity index (χ1n) is 10.1. The van der Waals surface area contributed by atoms with Crippen molar-refractivity contribution in [3.63, 3.8) is 0 Å². The van der Waals surface area contributed by atoms with E-state index < -0.39 is 0 Å². The van der Waals surface area contributed by atoms with Gasteiger partial charge in [0.05, 0.1) is 0 Å². The summed E-state index contributed by atoms with van der Waals surface area (Å²) in [6.45, 7) is 7.25. The topological polar surface area (TPSA) is 40.6 Å². The first-order valence-corrected chi connectivity index (χ1v) is 10.1. The third-order valence-electron chi connectivity index (χ3n) is 6.45. The van der Waals surface area contributed by atoms with Crippen LogP contribution in [-0.4, -0.2) is 47.8 Å². The maximum atomic E-state index is 13.4. The Morgan fingerprint density at radius 2 is 1.85 bits per heavy atom. The van der Waals surface area contributed by atoms with Gasteiger partial charge in [-0.1, -0.05) is 30.3 Å². The number of aryl methyl sites for hydroxylation is 1. The summed E-state index contributed by atoms with van der Waals surface area (Å²) in [5, 5.41) is 2.19. The van der Waals surface area contributed by atoms with Gasteiger partial charge in [-0.05, 0) is 55.5 Å². The zero-order chi connectivity index (χ0) is 19.0. The number of hydrogen-bond donors (Lipinski definition) is 0. The molecule has 0 aromatic heterocycles. The lowest BCUT2D eigenvalue weighted by Crippen LogP contribution is -2.55. The second kappa shape index (κ2) is 6.99. The van der Waals surface area contributed by atoms with Gasteiger partial charge in [-0.2, -0.15) is 0 Å². The summed E-state index contributed by atoms with van der Waals surface area (Å²) in [4.78, 5) is 29.5. The lowest BCUT2D eigenvalue weighted by atomic mass is 9.73. The number of carbonyl (C=O) groups excluding carboxylic acids is 2. The van der Waals surface area contributed by atoms with Crippen molar-refractivity contribution in [1.82, 2.24) is 9.80 Å². The van der Waals surface area contributed by atoms with Gasteiger partial charge in [-0.15, -0.1) is 0 Å². The van der Waals surface area contributed by atoms with Crippen LogP contribution in [0.25, 0.3) is 10.8 Å². The van der Waals surface area contributed by atoms with Crippen LogP contribution in [0.15, 0.2) is 36.4 Å². The molecule has 1 spiro atoms.